The van der Waals surface area contributed by atoms with Crippen molar-refractivity contribution in [2.24, 2.45) is 11.8 Å². The van der Waals surface area contributed by atoms with Crippen molar-refractivity contribution < 1.29 is 14.3 Å². The Morgan fingerprint density at radius 1 is 1.25 bits per heavy atom. The molecule has 0 fully saturated rings. The number of carbonyl (C=O) groups excluding carboxylic acids is 2. The molecule has 0 radical (unpaired) electrons. The molecular weight excluding hydrogens is 206 g/mol. The summed E-state index contributed by atoms with van der Waals surface area (Å²) in [6.07, 6.45) is 7.19. The second kappa shape index (κ2) is 5.49. The van der Waals surface area contributed by atoms with E-state index in [0.717, 1.165) is 0 Å². The Balaban J connectivity index is 2.61. The molecule has 1 N–H and O–H groups in total. The van der Waals surface area contributed by atoms with E-state index in [-0.39, 0.29) is 17.7 Å². The van der Waals surface area contributed by atoms with E-state index in [2.05, 4.69) is 10.1 Å². The third-order valence-corrected chi connectivity index (χ3v) is 2.47. The summed E-state index contributed by atoms with van der Waals surface area (Å²) in [6, 6.07) is -0.583. The predicted molar refractivity (Wildman–Crippen MR) is 60.6 cm³/mol. The number of ether oxygens (including phenoxy) is 1. The summed E-state index contributed by atoms with van der Waals surface area (Å²) in [7, 11) is 1.32. The van der Waals surface area contributed by atoms with E-state index >= 15 is 0 Å². The summed E-state index contributed by atoms with van der Waals surface area (Å²) in [5.41, 5.74) is 0. The molecule has 4 heteroatoms. The van der Waals surface area contributed by atoms with Gasteiger partial charge in [-0.05, 0) is 5.92 Å². The van der Waals surface area contributed by atoms with Crippen LogP contribution in [0.1, 0.15) is 13.8 Å². The molecule has 0 aromatic carbocycles. The lowest BCUT2D eigenvalue weighted by atomic mass is 10.0. The molecule has 0 aliphatic heterocycles. The Kier molecular flexibility index (Phi) is 4.28. The molecule has 0 unspecified atom stereocenters. The van der Waals surface area contributed by atoms with Crippen LogP contribution in [0.25, 0.3) is 0 Å². The van der Waals surface area contributed by atoms with Crippen LogP contribution < -0.4 is 5.32 Å². The quantitative estimate of drug-likeness (QED) is 0.724. The Labute approximate surface area is 95.4 Å². The van der Waals surface area contributed by atoms with E-state index in [1.54, 1.807) is 12.2 Å². The summed E-state index contributed by atoms with van der Waals surface area (Å²) in [5.74, 6) is -0.847. The van der Waals surface area contributed by atoms with Crippen molar-refractivity contribution in [3.05, 3.63) is 24.3 Å². The highest BCUT2D eigenvalue weighted by Gasteiger charge is 2.27. The largest absolute Gasteiger partial charge is 0.467 e. The number of methoxy groups -OCH3 is 1. The summed E-state index contributed by atoms with van der Waals surface area (Å²) in [5, 5.41) is 2.69. The normalized spacial score (nSPS) is 16.5. The molecule has 0 saturated carbocycles. The maximum absolute atomic E-state index is 11.8. The SMILES string of the molecule is COC(=O)[C@@H](NC(=O)C1C=CC=C1)C(C)C. The van der Waals surface area contributed by atoms with Crippen molar-refractivity contribution in [2.45, 2.75) is 19.9 Å². The minimum atomic E-state index is -0.583. The Hall–Kier alpha value is -1.58. The number of rotatable bonds is 4. The standard InChI is InChI=1S/C12H17NO3/c1-8(2)10(12(15)16-3)13-11(14)9-6-4-5-7-9/h4-10H,1-3H3,(H,13,14)/t10-/m0/s1. The van der Waals surface area contributed by atoms with Crippen molar-refractivity contribution >= 4 is 11.9 Å². The van der Waals surface area contributed by atoms with Gasteiger partial charge < -0.3 is 10.1 Å². The first kappa shape index (κ1) is 12.5. The van der Waals surface area contributed by atoms with Crippen LogP contribution in [0.3, 0.4) is 0 Å². The fourth-order valence-corrected chi connectivity index (χ4v) is 1.48. The zero-order chi connectivity index (χ0) is 12.1. The van der Waals surface area contributed by atoms with Crippen molar-refractivity contribution in [2.75, 3.05) is 7.11 Å². The van der Waals surface area contributed by atoms with Crippen molar-refractivity contribution in [1.82, 2.24) is 5.32 Å². The van der Waals surface area contributed by atoms with Gasteiger partial charge >= 0.3 is 5.97 Å². The minimum absolute atomic E-state index is 0.00534. The Morgan fingerprint density at radius 3 is 2.25 bits per heavy atom. The molecule has 16 heavy (non-hydrogen) atoms. The van der Waals surface area contributed by atoms with Gasteiger partial charge in [0.25, 0.3) is 0 Å². The number of hydrogen-bond donors (Lipinski definition) is 1. The first-order valence-corrected chi connectivity index (χ1v) is 5.29. The van der Waals surface area contributed by atoms with Gasteiger partial charge in [-0.3, -0.25) is 4.79 Å². The van der Waals surface area contributed by atoms with Crippen molar-refractivity contribution in [3.63, 3.8) is 0 Å². The molecule has 1 amide bonds. The van der Waals surface area contributed by atoms with Gasteiger partial charge in [-0.15, -0.1) is 0 Å². The van der Waals surface area contributed by atoms with Gasteiger partial charge in [-0.25, -0.2) is 4.79 Å². The molecule has 0 saturated heterocycles. The van der Waals surface area contributed by atoms with E-state index in [9.17, 15) is 9.59 Å². The molecule has 0 heterocycles. The summed E-state index contributed by atoms with van der Waals surface area (Å²) in [4.78, 5) is 23.2. The minimum Gasteiger partial charge on any atom is -0.467 e. The second-order valence-electron chi connectivity index (χ2n) is 4.05. The molecule has 1 atom stereocenters. The van der Waals surface area contributed by atoms with Gasteiger partial charge in [0.2, 0.25) is 5.91 Å². The van der Waals surface area contributed by atoms with Gasteiger partial charge in [0.1, 0.15) is 6.04 Å². The average molecular weight is 223 g/mol. The third-order valence-electron chi connectivity index (χ3n) is 2.47. The van der Waals surface area contributed by atoms with Gasteiger partial charge in [-0.1, -0.05) is 38.2 Å². The van der Waals surface area contributed by atoms with Crippen LogP contribution in [0.15, 0.2) is 24.3 Å². The lowest BCUT2D eigenvalue weighted by Gasteiger charge is -2.20. The highest BCUT2D eigenvalue weighted by molar-refractivity contribution is 5.88. The number of allylic oxidation sites excluding steroid dienone is 2. The zero-order valence-corrected chi connectivity index (χ0v) is 9.77. The molecule has 4 nitrogen and oxygen atoms in total. The molecule has 1 rings (SSSR count). The van der Waals surface area contributed by atoms with Gasteiger partial charge in [0.15, 0.2) is 0 Å². The van der Waals surface area contributed by atoms with E-state index in [0.29, 0.717) is 0 Å². The smallest absolute Gasteiger partial charge is 0.328 e. The topological polar surface area (TPSA) is 55.4 Å². The fraction of sp³-hybridized carbons (Fsp3) is 0.500. The Morgan fingerprint density at radius 2 is 1.81 bits per heavy atom. The molecule has 0 bridgehead atoms. The van der Waals surface area contributed by atoms with Crippen molar-refractivity contribution in [1.29, 1.82) is 0 Å². The van der Waals surface area contributed by atoms with Crippen molar-refractivity contribution in [3.8, 4) is 0 Å². The summed E-state index contributed by atoms with van der Waals surface area (Å²) >= 11 is 0. The second-order valence-corrected chi connectivity index (χ2v) is 4.05. The van der Waals surface area contributed by atoms with Crippen LogP contribution in [0, 0.1) is 11.8 Å². The predicted octanol–water partition coefficient (Wildman–Crippen LogP) is 1.04. The summed E-state index contributed by atoms with van der Waals surface area (Å²) < 4.78 is 4.65. The number of nitrogens with one attached hydrogen (secondary N) is 1. The van der Waals surface area contributed by atoms with Gasteiger partial charge in [0.05, 0.1) is 13.0 Å². The molecule has 88 valence electrons. The molecule has 0 aromatic rings. The van der Waals surface area contributed by atoms with Crippen LogP contribution in [0.4, 0.5) is 0 Å². The number of carbonyl (C=O) groups is 2. The van der Waals surface area contributed by atoms with E-state index in [1.807, 2.05) is 26.0 Å². The first-order valence-electron chi connectivity index (χ1n) is 5.29. The van der Waals surface area contributed by atoms with Crippen LogP contribution >= 0.6 is 0 Å². The van der Waals surface area contributed by atoms with Crippen LogP contribution in [0.2, 0.25) is 0 Å². The van der Waals surface area contributed by atoms with Crippen LogP contribution in [-0.4, -0.2) is 25.0 Å². The van der Waals surface area contributed by atoms with Gasteiger partial charge in [0, 0.05) is 0 Å². The lowest BCUT2D eigenvalue weighted by Crippen LogP contribution is -2.46. The zero-order valence-electron chi connectivity index (χ0n) is 9.77. The highest BCUT2D eigenvalue weighted by Crippen LogP contribution is 2.11. The number of amides is 1. The van der Waals surface area contributed by atoms with Crippen LogP contribution in [0.5, 0.6) is 0 Å². The first-order chi connectivity index (χ1) is 7.56. The molecular formula is C12H17NO3. The highest BCUT2D eigenvalue weighted by atomic mass is 16.5. The fourth-order valence-electron chi connectivity index (χ4n) is 1.48. The Bertz CT molecular complexity index is 319. The third kappa shape index (κ3) is 2.95. The maximum Gasteiger partial charge on any atom is 0.328 e. The monoisotopic (exact) mass is 223 g/mol. The number of esters is 1. The van der Waals surface area contributed by atoms with E-state index in [4.69, 9.17) is 0 Å². The molecule has 0 aromatic heterocycles. The molecule has 1 aliphatic rings. The summed E-state index contributed by atoms with van der Waals surface area (Å²) in [6.45, 7) is 3.73. The average Bonchev–Trinajstić information content (AvgIpc) is 2.77. The van der Waals surface area contributed by atoms with Crippen LogP contribution in [-0.2, 0) is 14.3 Å². The number of hydrogen-bond acceptors (Lipinski definition) is 3. The molecule has 0 spiro atoms. The lowest BCUT2D eigenvalue weighted by molar-refractivity contribution is -0.146. The van der Waals surface area contributed by atoms with Gasteiger partial charge in [-0.2, -0.15) is 0 Å². The maximum atomic E-state index is 11.8. The van der Waals surface area contributed by atoms with E-state index in [1.165, 1.54) is 7.11 Å². The van der Waals surface area contributed by atoms with E-state index < -0.39 is 12.0 Å². The molecule has 1 aliphatic carbocycles.